The summed E-state index contributed by atoms with van der Waals surface area (Å²) >= 11 is 1.14. The number of hydrogen-bond acceptors (Lipinski definition) is 5. The summed E-state index contributed by atoms with van der Waals surface area (Å²) in [6.45, 7) is 5.56. The van der Waals surface area contributed by atoms with E-state index < -0.39 is 22.8 Å². The van der Waals surface area contributed by atoms with Crippen LogP contribution in [0.25, 0.3) is 5.69 Å². The molecule has 140 valence electrons. The first-order valence-corrected chi connectivity index (χ1v) is 9.01. The number of carbonyl (C=O) groups excluding carboxylic acids is 1. The number of nitrogens with zero attached hydrogens (tertiary/aromatic N) is 4. The first kappa shape index (κ1) is 19.0. The highest BCUT2D eigenvalue weighted by Crippen LogP contribution is 2.26. The van der Waals surface area contributed by atoms with E-state index in [0.717, 1.165) is 34.6 Å². The standard InChI is InChI=1S/C18H17F2N5OS/c1-10-4-5-11(2)16(8-10)25-18(22-23-24-25)27-12(3)17(26)21-15-7-6-13(19)9-14(15)20/h4-9,12H,1-3H3,(H,21,26)/t12-/m0/s1. The van der Waals surface area contributed by atoms with Crippen molar-refractivity contribution in [3.63, 3.8) is 0 Å². The number of rotatable bonds is 5. The lowest BCUT2D eigenvalue weighted by molar-refractivity contribution is -0.115. The number of aromatic nitrogens is 4. The SMILES string of the molecule is Cc1ccc(C)c(-n2nnnc2S[C@@H](C)C(=O)Nc2ccc(F)cc2F)c1. The summed E-state index contributed by atoms with van der Waals surface area (Å²) in [6.07, 6.45) is 0. The Morgan fingerprint density at radius 3 is 2.70 bits per heavy atom. The van der Waals surface area contributed by atoms with Crippen molar-refractivity contribution in [2.75, 3.05) is 5.32 Å². The lowest BCUT2D eigenvalue weighted by Gasteiger charge is -2.13. The Morgan fingerprint density at radius 2 is 1.96 bits per heavy atom. The van der Waals surface area contributed by atoms with Gasteiger partial charge in [0.05, 0.1) is 16.6 Å². The molecule has 0 unspecified atom stereocenters. The number of halogens is 2. The molecule has 0 saturated heterocycles. The van der Waals surface area contributed by atoms with Crippen LogP contribution in [-0.4, -0.2) is 31.4 Å². The maximum atomic E-state index is 13.7. The Labute approximate surface area is 159 Å². The van der Waals surface area contributed by atoms with Gasteiger partial charge in [-0.15, -0.1) is 5.10 Å². The van der Waals surface area contributed by atoms with E-state index in [2.05, 4.69) is 20.8 Å². The van der Waals surface area contributed by atoms with Crippen LogP contribution < -0.4 is 5.32 Å². The zero-order valence-electron chi connectivity index (χ0n) is 14.9. The molecule has 0 fully saturated rings. The van der Waals surface area contributed by atoms with E-state index in [1.807, 2.05) is 32.0 Å². The van der Waals surface area contributed by atoms with Crippen LogP contribution in [0.15, 0.2) is 41.6 Å². The van der Waals surface area contributed by atoms with Crippen LogP contribution in [0, 0.1) is 25.5 Å². The topological polar surface area (TPSA) is 72.7 Å². The maximum absolute atomic E-state index is 13.7. The molecule has 6 nitrogen and oxygen atoms in total. The maximum Gasteiger partial charge on any atom is 0.237 e. The highest BCUT2D eigenvalue weighted by atomic mass is 32.2. The van der Waals surface area contributed by atoms with Crippen LogP contribution in [0.5, 0.6) is 0 Å². The number of carbonyl (C=O) groups is 1. The Hall–Kier alpha value is -2.81. The van der Waals surface area contributed by atoms with Crippen molar-refractivity contribution in [2.45, 2.75) is 31.2 Å². The molecule has 0 radical (unpaired) electrons. The molecule has 2 aromatic carbocycles. The normalized spacial score (nSPS) is 12.0. The van der Waals surface area contributed by atoms with E-state index in [4.69, 9.17) is 0 Å². The Morgan fingerprint density at radius 1 is 1.19 bits per heavy atom. The minimum absolute atomic E-state index is 0.0806. The molecule has 9 heteroatoms. The third-order valence-corrected chi connectivity index (χ3v) is 4.91. The molecule has 0 spiro atoms. The lowest BCUT2D eigenvalue weighted by atomic mass is 10.1. The van der Waals surface area contributed by atoms with Crippen LogP contribution in [0.4, 0.5) is 14.5 Å². The monoisotopic (exact) mass is 389 g/mol. The van der Waals surface area contributed by atoms with Gasteiger partial charge in [-0.3, -0.25) is 4.79 Å². The van der Waals surface area contributed by atoms with Gasteiger partial charge in [0, 0.05) is 6.07 Å². The molecular formula is C18H17F2N5OS. The first-order valence-electron chi connectivity index (χ1n) is 8.13. The van der Waals surface area contributed by atoms with Gasteiger partial charge in [-0.05, 0) is 60.5 Å². The smallest absolute Gasteiger partial charge is 0.237 e. The van der Waals surface area contributed by atoms with Gasteiger partial charge in [0.1, 0.15) is 11.6 Å². The second-order valence-electron chi connectivity index (χ2n) is 6.04. The molecule has 0 aliphatic heterocycles. The van der Waals surface area contributed by atoms with Gasteiger partial charge in [-0.25, -0.2) is 8.78 Å². The molecule has 3 aromatic rings. The van der Waals surface area contributed by atoms with E-state index in [1.165, 1.54) is 6.07 Å². The van der Waals surface area contributed by atoms with Crippen molar-refractivity contribution in [3.8, 4) is 5.69 Å². The number of nitrogens with one attached hydrogen (secondary N) is 1. The molecule has 0 aliphatic rings. The summed E-state index contributed by atoms with van der Waals surface area (Å²) in [5.41, 5.74) is 2.78. The number of tetrazole rings is 1. The number of benzene rings is 2. The van der Waals surface area contributed by atoms with Crippen molar-refractivity contribution < 1.29 is 13.6 Å². The van der Waals surface area contributed by atoms with Crippen molar-refractivity contribution in [3.05, 3.63) is 59.2 Å². The highest BCUT2D eigenvalue weighted by molar-refractivity contribution is 8.00. The van der Waals surface area contributed by atoms with E-state index in [1.54, 1.807) is 11.6 Å². The molecule has 1 N–H and O–H groups in total. The molecular weight excluding hydrogens is 372 g/mol. The molecule has 0 bridgehead atoms. The summed E-state index contributed by atoms with van der Waals surface area (Å²) < 4.78 is 28.3. The summed E-state index contributed by atoms with van der Waals surface area (Å²) in [4.78, 5) is 12.4. The Kier molecular flexibility index (Phi) is 5.50. The number of anilines is 1. The quantitative estimate of drug-likeness (QED) is 0.674. The van der Waals surface area contributed by atoms with Crippen molar-refractivity contribution in [1.82, 2.24) is 20.2 Å². The highest BCUT2D eigenvalue weighted by Gasteiger charge is 2.21. The van der Waals surface area contributed by atoms with Gasteiger partial charge in [-0.2, -0.15) is 4.68 Å². The zero-order valence-corrected chi connectivity index (χ0v) is 15.7. The zero-order chi connectivity index (χ0) is 19.6. The second-order valence-corrected chi connectivity index (χ2v) is 7.34. The summed E-state index contributed by atoms with van der Waals surface area (Å²) in [7, 11) is 0. The second kappa shape index (κ2) is 7.83. The third kappa shape index (κ3) is 4.30. The predicted molar refractivity (Wildman–Crippen MR) is 98.9 cm³/mol. The van der Waals surface area contributed by atoms with Crippen LogP contribution in [0.1, 0.15) is 18.1 Å². The van der Waals surface area contributed by atoms with Gasteiger partial charge < -0.3 is 5.32 Å². The molecule has 1 atom stereocenters. The third-order valence-electron chi connectivity index (χ3n) is 3.87. The molecule has 27 heavy (non-hydrogen) atoms. The number of amides is 1. The first-order chi connectivity index (χ1) is 12.8. The van der Waals surface area contributed by atoms with E-state index in [0.29, 0.717) is 11.2 Å². The minimum Gasteiger partial charge on any atom is -0.323 e. The Balaban J connectivity index is 1.77. The van der Waals surface area contributed by atoms with Crippen LogP contribution in [0.2, 0.25) is 0 Å². The summed E-state index contributed by atoms with van der Waals surface area (Å²) in [6, 6.07) is 8.89. The number of hydrogen-bond donors (Lipinski definition) is 1. The number of aryl methyl sites for hydroxylation is 2. The average molecular weight is 389 g/mol. The fourth-order valence-electron chi connectivity index (χ4n) is 2.39. The molecule has 1 amide bonds. The molecule has 3 rings (SSSR count). The molecule has 0 aliphatic carbocycles. The van der Waals surface area contributed by atoms with Crippen molar-refractivity contribution in [2.24, 2.45) is 0 Å². The number of thioether (sulfide) groups is 1. The van der Waals surface area contributed by atoms with E-state index in [-0.39, 0.29) is 5.69 Å². The largest absolute Gasteiger partial charge is 0.323 e. The fourth-order valence-corrected chi connectivity index (χ4v) is 3.19. The lowest BCUT2D eigenvalue weighted by Crippen LogP contribution is -2.23. The predicted octanol–water partition coefficient (Wildman–Crippen LogP) is 3.68. The summed E-state index contributed by atoms with van der Waals surface area (Å²) in [5.74, 6) is -1.98. The van der Waals surface area contributed by atoms with Crippen LogP contribution in [0.3, 0.4) is 0 Å². The van der Waals surface area contributed by atoms with Gasteiger partial charge in [0.25, 0.3) is 0 Å². The average Bonchev–Trinajstić information content (AvgIpc) is 3.07. The van der Waals surface area contributed by atoms with Gasteiger partial charge in [-0.1, -0.05) is 23.9 Å². The van der Waals surface area contributed by atoms with Gasteiger partial charge in [0.2, 0.25) is 11.1 Å². The van der Waals surface area contributed by atoms with E-state index in [9.17, 15) is 13.6 Å². The van der Waals surface area contributed by atoms with Gasteiger partial charge in [0.15, 0.2) is 0 Å². The van der Waals surface area contributed by atoms with Crippen molar-refractivity contribution in [1.29, 1.82) is 0 Å². The van der Waals surface area contributed by atoms with Gasteiger partial charge >= 0.3 is 0 Å². The molecule has 0 saturated carbocycles. The minimum atomic E-state index is -0.833. The van der Waals surface area contributed by atoms with E-state index >= 15 is 0 Å². The van der Waals surface area contributed by atoms with Crippen molar-refractivity contribution >= 4 is 23.4 Å². The summed E-state index contributed by atoms with van der Waals surface area (Å²) in [5, 5.41) is 14.0. The van der Waals surface area contributed by atoms with Crippen LogP contribution >= 0.6 is 11.8 Å². The molecule has 1 heterocycles. The fraction of sp³-hybridized carbons (Fsp3) is 0.222. The Bertz CT molecular complexity index is 992. The molecule has 1 aromatic heterocycles. The van der Waals surface area contributed by atoms with Crippen LogP contribution in [-0.2, 0) is 4.79 Å².